The van der Waals surface area contributed by atoms with Gasteiger partial charge >= 0.3 is 6.03 Å². The van der Waals surface area contributed by atoms with Gasteiger partial charge in [0.05, 0.1) is 7.11 Å². The first-order chi connectivity index (χ1) is 15.2. The van der Waals surface area contributed by atoms with E-state index in [1.165, 1.54) is 0 Å². The van der Waals surface area contributed by atoms with E-state index in [0.717, 1.165) is 33.9 Å². The van der Waals surface area contributed by atoms with Crippen molar-refractivity contribution in [1.82, 2.24) is 10.2 Å². The second kappa shape index (κ2) is 8.30. The molecule has 7 heteroatoms. The molecule has 1 fully saturated rings. The summed E-state index contributed by atoms with van der Waals surface area (Å²) in [6.07, 6.45) is 1.80. The van der Waals surface area contributed by atoms with Gasteiger partial charge in [0.2, 0.25) is 5.91 Å². The predicted octanol–water partition coefficient (Wildman–Crippen LogP) is 3.30. The molecule has 0 radical (unpaired) electrons. The number of amides is 4. The lowest BCUT2D eigenvalue weighted by atomic mass is 9.93. The summed E-state index contributed by atoms with van der Waals surface area (Å²) in [5.41, 5.74) is 1.94. The number of urea groups is 1. The smallest absolute Gasteiger partial charge is 0.325 e. The number of fused-ring (bicyclic) bond motifs is 1. The van der Waals surface area contributed by atoms with E-state index >= 15 is 0 Å². The molecule has 0 spiro atoms. The highest BCUT2D eigenvalue weighted by Crippen LogP contribution is 2.34. The molecule has 2 heterocycles. The van der Waals surface area contributed by atoms with Gasteiger partial charge in [-0.25, -0.2) is 9.69 Å². The predicted molar refractivity (Wildman–Crippen MR) is 122 cm³/mol. The quantitative estimate of drug-likeness (QED) is 0.706. The molecule has 2 aromatic carbocycles. The summed E-state index contributed by atoms with van der Waals surface area (Å²) in [5.74, 6) is 0.156. The van der Waals surface area contributed by atoms with E-state index in [4.69, 9.17) is 4.74 Å². The van der Waals surface area contributed by atoms with Crippen LogP contribution in [0.15, 0.2) is 48.5 Å². The van der Waals surface area contributed by atoms with Gasteiger partial charge in [0, 0.05) is 11.7 Å². The highest BCUT2D eigenvalue weighted by Gasteiger charge is 2.51. The zero-order valence-corrected chi connectivity index (χ0v) is 18.9. The summed E-state index contributed by atoms with van der Waals surface area (Å²) in [6, 6.07) is 14.0. The van der Waals surface area contributed by atoms with Gasteiger partial charge in [-0.05, 0) is 69.4 Å². The lowest BCUT2D eigenvalue weighted by Gasteiger charge is -2.30. The van der Waals surface area contributed by atoms with Crippen LogP contribution < -0.4 is 15.0 Å². The van der Waals surface area contributed by atoms with Crippen LogP contribution in [0.1, 0.15) is 38.3 Å². The fourth-order valence-corrected chi connectivity index (χ4v) is 4.63. The molecule has 2 aromatic rings. The molecule has 4 rings (SSSR count). The van der Waals surface area contributed by atoms with Crippen LogP contribution in [0.2, 0.25) is 0 Å². The Morgan fingerprint density at radius 2 is 1.88 bits per heavy atom. The van der Waals surface area contributed by atoms with Gasteiger partial charge in [0.1, 0.15) is 17.3 Å². The number of hydrogen-bond acceptors (Lipinski definition) is 4. The van der Waals surface area contributed by atoms with Crippen LogP contribution in [-0.2, 0) is 22.4 Å². The van der Waals surface area contributed by atoms with Crippen molar-refractivity contribution in [1.29, 1.82) is 0 Å². The maximum Gasteiger partial charge on any atom is 0.325 e. The van der Waals surface area contributed by atoms with E-state index < -0.39 is 17.6 Å². The molecule has 168 valence electrons. The highest BCUT2D eigenvalue weighted by atomic mass is 16.5. The first-order valence-electron chi connectivity index (χ1n) is 10.9. The molecule has 2 aliphatic heterocycles. The molecule has 0 unspecified atom stereocenters. The van der Waals surface area contributed by atoms with Crippen molar-refractivity contribution in [3.05, 3.63) is 59.7 Å². The molecule has 4 amide bonds. The number of methoxy groups -OCH3 is 1. The molecule has 0 aromatic heterocycles. The number of carbonyl (C=O) groups is 3. The summed E-state index contributed by atoms with van der Waals surface area (Å²) < 4.78 is 5.18. The number of hydrogen-bond donors (Lipinski definition) is 1. The van der Waals surface area contributed by atoms with Crippen LogP contribution in [0.3, 0.4) is 0 Å². The van der Waals surface area contributed by atoms with Crippen LogP contribution in [0.5, 0.6) is 5.75 Å². The standard InChI is InChI=1S/C25H29N3O4/c1-16-15-19-7-5-6-8-21(19)27(16)22(29)17(2)28-23(30)25(3,26-24(28)31)14-13-18-9-11-20(32-4)12-10-18/h5-12,16-17H,13-15H2,1-4H3,(H,26,31)/t16-,17+,25+/m1/s1. The van der Waals surface area contributed by atoms with Gasteiger partial charge in [-0.3, -0.25) is 9.59 Å². The third kappa shape index (κ3) is 3.72. The molecular formula is C25H29N3O4. The van der Waals surface area contributed by atoms with Gasteiger partial charge in [0.15, 0.2) is 0 Å². The molecule has 7 nitrogen and oxygen atoms in total. The maximum absolute atomic E-state index is 13.4. The Balaban J connectivity index is 1.48. The molecule has 0 aliphatic carbocycles. The molecule has 3 atom stereocenters. The van der Waals surface area contributed by atoms with Crippen LogP contribution in [0, 0.1) is 0 Å². The normalized spacial score (nSPS) is 23.2. The molecule has 0 saturated carbocycles. The number of anilines is 1. The number of aryl methyl sites for hydroxylation is 1. The molecule has 32 heavy (non-hydrogen) atoms. The number of nitrogens with zero attached hydrogens (tertiary/aromatic N) is 2. The minimum atomic E-state index is -1.06. The third-order valence-corrected chi connectivity index (χ3v) is 6.55. The first kappa shape index (κ1) is 21.9. The van der Waals surface area contributed by atoms with Crippen molar-refractivity contribution in [2.75, 3.05) is 12.0 Å². The Labute approximate surface area is 188 Å². The van der Waals surface area contributed by atoms with E-state index in [1.807, 2.05) is 55.5 Å². The van der Waals surface area contributed by atoms with Gasteiger partial charge in [-0.2, -0.15) is 0 Å². The van der Waals surface area contributed by atoms with E-state index in [-0.39, 0.29) is 17.9 Å². The average Bonchev–Trinajstić information content (AvgIpc) is 3.23. The molecule has 1 N–H and O–H groups in total. The number of carbonyl (C=O) groups excluding carboxylic acids is 3. The maximum atomic E-state index is 13.4. The van der Waals surface area contributed by atoms with Crippen LogP contribution in [0.4, 0.5) is 10.5 Å². The summed E-state index contributed by atoms with van der Waals surface area (Å²) in [6.45, 7) is 5.33. The summed E-state index contributed by atoms with van der Waals surface area (Å²) in [4.78, 5) is 42.3. The van der Waals surface area contributed by atoms with E-state index in [1.54, 1.807) is 25.9 Å². The monoisotopic (exact) mass is 435 g/mol. The van der Waals surface area contributed by atoms with Crippen LogP contribution >= 0.6 is 0 Å². The number of nitrogens with one attached hydrogen (secondary N) is 1. The van der Waals surface area contributed by atoms with Gasteiger partial charge in [-0.15, -0.1) is 0 Å². The zero-order chi connectivity index (χ0) is 23.0. The van der Waals surface area contributed by atoms with Crippen molar-refractivity contribution in [3.63, 3.8) is 0 Å². The Hall–Kier alpha value is -3.35. The second-order valence-electron chi connectivity index (χ2n) is 8.85. The first-order valence-corrected chi connectivity index (χ1v) is 10.9. The number of benzene rings is 2. The molecule has 0 bridgehead atoms. The van der Waals surface area contributed by atoms with E-state index in [9.17, 15) is 14.4 Å². The minimum Gasteiger partial charge on any atom is -0.497 e. The third-order valence-electron chi connectivity index (χ3n) is 6.55. The topological polar surface area (TPSA) is 79.0 Å². The number of para-hydroxylation sites is 1. The van der Waals surface area contributed by atoms with Crippen LogP contribution in [-0.4, -0.2) is 47.5 Å². The lowest BCUT2D eigenvalue weighted by molar-refractivity contribution is -0.136. The van der Waals surface area contributed by atoms with Crippen molar-refractivity contribution >= 4 is 23.5 Å². The second-order valence-corrected chi connectivity index (χ2v) is 8.85. The summed E-state index contributed by atoms with van der Waals surface area (Å²) in [7, 11) is 1.61. The Morgan fingerprint density at radius 3 is 2.56 bits per heavy atom. The molecule has 1 saturated heterocycles. The fraction of sp³-hybridized carbons (Fsp3) is 0.400. The Kier molecular flexibility index (Phi) is 5.67. The molecule has 2 aliphatic rings. The number of imide groups is 1. The van der Waals surface area contributed by atoms with Gasteiger partial charge < -0.3 is 15.0 Å². The average molecular weight is 436 g/mol. The SMILES string of the molecule is COc1ccc(CC[C@]2(C)NC(=O)N([C@@H](C)C(=O)N3c4ccccc4C[C@H]3C)C2=O)cc1. The summed E-state index contributed by atoms with van der Waals surface area (Å²) >= 11 is 0. The van der Waals surface area contributed by atoms with E-state index in [2.05, 4.69) is 5.32 Å². The largest absolute Gasteiger partial charge is 0.497 e. The van der Waals surface area contributed by atoms with Gasteiger partial charge in [0.25, 0.3) is 5.91 Å². The van der Waals surface area contributed by atoms with Crippen LogP contribution in [0.25, 0.3) is 0 Å². The van der Waals surface area contributed by atoms with Crippen molar-refractivity contribution < 1.29 is 19.1 Å². The Bertz CT molecular complexity index is 1050. The van der Waals surface area contributed by atoms with Crippen molar-refractivity contribution in [3.8, 4) is 5.75 Å². The van der Waals surface area contributed by atoms with Crippen molar-refractivity contribution in [2.45, 2.75) is 57.7 Å². The number of rotatable bonds is 6. The minimum absolute atomic E-state index is 0.0235. The number of ether oxygens (including phenoxy) is 1. The Morgan fingerprint density at radius 1 is 1.19 bits per heavy atom. The zero-order valence-electron chi connectivity index (χ0n) is 18.9. The van der Waals surface area contributed by atoms with Crippen molar-refractivity contribution in [2.24, 2.45) is 0 Å². The highest BCUT2D eigenvalue weighted by molar-refractivity contribution is 6.11. The summed E-state index contributed by atoms with van der Waals surface area (Å²) in [5, 5.41) is 2.82. The lowest BCUT2D eigenvalue weighted by Crippen LogP contribution is -2.52. The fourth-order valence-electron chi connectivity index (χ4n) is 4.63. The van der Waals surface area contributed by atoms with E-state index in [0.29, 0.717) is 12.8 Å². The van der Waals surface area contributed by atoms with Gasteiger partial charge in [-0.1, -0.05) is 30.3 Å². The molecular weight excluding hydrogens is 406 g/mol.